The van der Waals surface area contributed by atoms with Gasteiger partial charge >= 0.3 is 5.97 Å². The van der Waals surface area contributed by atoms with E-state index < -0.39 is 17.8 Å². The van der Waals surface area contributed by atoms with Crippen LogP contribution in [-0.4, -0.2) is 17.8 Å². The van der Waals surface area contributed by atoms with Crippen LogP contribution in [0.25, 0.3) is 0 Å². The topological polar surface area (TPSA) is 75.7 Å². The lowest BCUT2D eigenvalue weighted by Gasteiger charge is -2.22. The van der Waals surface area contributed by atoms with E-state index in [9.17, 15) is 14.4 Å². The Bertz CT molecular complexity index is 1370. The molecule has 0 saturated carbocycles. The van der Waals surface area contributed by atoms with Gasteiger partial charge in [-0.15, -0.1) is 0 Å². The summed E-state index contributed by atoms with van der Waals surface area (Å²) in [5.41, 5.74) is 2.95. The third-order valence-corrected chi connectivity index (χ3v) is 6.28. The Morgan fingerprint density at radius 2 is 1.56 bits per heavy atom. The zero-order valence-corrected chi connectivity index (χ0v) is 21.3. The van der Waals surface area contributed by atoms with Crippen LogP contribution < -0.4 is 15.0 Å². The molecule has 0 fully saturated rings. The van der Waals surface area contributed by atoms with Crippen molar-refractivity contribution in [1.29, 1.82) is 0 Å². The van der Waals surface area contributed by atoms with Crippen molar-refractivity contribution in [2.24, 2.45) is 0 Å². The fourth-order valence-electron chi connectivity index (χ4n) is 4.03. The van der Waals surface area contributed by atoms with Crippen LogP contribution in [0.2, 0.25) is 0 Å². The van der Waals surface area contributed by atoms with Crippen LogP contribution in [0, 0.1) is 0 Å². The van der Waals surface area contributed by atoms with E-state index in [0.717, 1.165) is 16.0 Å². The minimum atomic E-state index is -0.581. The standard InChI is InChI=1S/C29H27ClN2O4/c1-5-18-10-6-8-12-22(18)32-26(33)24(30)25(27(32)34)31-20-16-14-19(15-17-20)28(35)36-23-13-9-7-11-21(23)29(2,3)4/h6-17,31H,5H2,1-4H3. The van der Waals surface area contributed by atoms with Crippen molar-refractivity contribution >= 4 is 40.8 Å². The maximum atomic E-state index is 13.1. The second-order valence-electron chi connectivity index (χ2n) is 9.45. The number of benzene rings is 3. The number of carbonyl (C=O) groups excluding carboxylic acids is 3. The van der Waals surface area contributed by atoms with Crippen molar-refractivity contribution in [1.82, 2.24) is 0 Å². The number of halogens is 1. The van der Waals surface area contributed by atoms with Crippen LogP contribution >= 0.6 is 11.6 Å². The SMILES string of the molecule is CCc1ccccc1N1C(=O)C(Cl)=C(Nc2ccc(C(=O)Oc3ccccc3C(C)(C)C)cc2)C1=O. The molecule has 6 nitrogen and oxygen atoms in total. The van der Waals surface area contributed by atoms with E-state index in [1.165, 1.54) is 0 Å². The first kappa shape index (κ1) is 25.2. The number of imide groups is 1. The number of ether oxygens (including phenoxy) is 1. The molecule has 0 unspecified atom stereocenters. The molecular weight excluding hydrogens is 476 g/mol. The molecule has 0 spiro atoms. The Labute approximate surface area is 215 Å². The summed E-state index contributed by atoms with van der Waals surface area (Å²) in [5.74, 6) is -1.10. The smallest absolute Gasteiger partial charge is 0.343 e. The molecule has 184 valence electrons. The van der Waals surface area contributed by atoms with E-state index in [0.29, 0.717) is 29.1 Å². The highest BCUT2D eigenvalue weighted by molar-refractivity contribution is 6.53. The molecule has 0 saturated heterocycles. The van der Waals surface area contributed by atoms with Gasteiger partial charge in [0.05, 0.1) is 11.3 Å². The van der Waals surface area contributed by atoms with Crippen LogP contribution in [0.5, 0.6) is 5.75 Å². The normalized spacial score (nSPS) is 13.9. The maximum Gasteiger partial charge on any atom is 0.343 e. The van der Waals surface area contributed by atoms with Crippen molar-refractivity contribution in [3.8, 4) is 5.75 Å². The Morgan fingerprint density at radius 1 is 0.917 bits per heavy atom. The van der Waals surface area contributed by atoms with Crippen molar-refractivity contribution in [3.63, 3.8) is 0 Å². The van der Waals surface area contributed by atoms with Gasteiger partial charge in [0.25, 0.3) is 11.8 Å². The Morgan fingerprint density at radius 3 is 2.22 bits per heavy atom. The quantitative estimate of drug-likeness (QED) is 0.247. The largest absolute Gasteiger partial charge is 0.423 e. The average molecular weight is 503 g/mol. The molecule has 36 heavy (non-hydrogen) atoms. The third kappa shape index (κ3) is 4.90. The minimum Gasteiger partial charge on any atom is -0.423 e. The van der Waals surface area contributed by atoms with Gasteiger partial charge in [0.15, 0.2) is 0 Å². The minimum absolute atomic E-state index is 0.0120. The number of aryl methyl sites for hydroxylation is 1. The number of anilines is 2. The molecule has 1 heterocycles. The molecule has 1 aliphatic rings. The first-order valence-corrected chi connectivity index (χ1v) is 12.0. The first-order chi connectivity index (χ1) is 17.1. The summed E-state index contributed by atoms with van der Waals surface area (Å²) in [6.07, 6.45) is 0.658. The van der Waals surface area contributed by atoms with Gasteiger partial charge in [0.1, 0.15) is 16.5 Å². The highest BCUT2D eigenvalue weighted by Crippen LogP contribution is 2.33. The first-order valence-electron chi connectivity index (χ1n) is 11.7. The van der Waals surface area contributed by atoms with E-state index >= 15 is 0 Å². The van der Waals surface area contributed by atoms with Crippen molar-refractivity contribution in [2.45, 2.75) is 39.5 Å². The molecule has 0 aliphatic carbocycles. The van der Waals surface area contributed by atoms with Crippen LogP contribution in [0.15, 0.2) is 83.5 Å². The molecular formula is C29H27ClN2O4. The van der Waals surface area contributed by atoms with E-state index in [1.807, 2.05) is 37.3 Å². The van der Waals surface area contributed by atoms with Gasteiger partial charge in [-0.1, -0.05) is 75.7 Å². The molecule has 1 aliphatic heterocycles. The Balaban J connectivity index is 1.51. The van der Waals surface area contributed by atoms with E-state index in [2.05, 4.69) is 26.1 Å². The highest BCUT2D eigenvalue weighted by atomic mass is 35.5. The monoisotopic (exact) mass is 502 g/mol. The van der Waals surface area contributed by atoms with Crippen LogP contribution in [0.1, 0.15) is 49.2 Å². The molecule has 3 aromatic rings. The fraction of sp³-hybridized carbons (Fsp3) is 0.207. The van der Waals surface area contributed by atoms with Gasteiger partial charge in [-0.25, -0.2) is 9.69 Å². The van der Waals surface area contributed by atoms with Gasteiger partial charge in [0.2, 0.25) is 0 Å². The molecule has 0 bridgehead atoms. The van der Waals surface area contributed by atoms with Crippen molar-refractivity contribution in [3.05, 3.63) is 100 Å². The second kappa shape index (κ2) is 9.99. The summed E-state index contributed by atoms with van der Waals surface area (Å²) in [5, 5.41) is 2.75. The maximum absolute atomic E-state index is 13.1. The molecule has 0 aromatic heterocycles. The summed E-state index contributed by atoms with van der Waals surface area (Å²) in [4.78, 5) is 39.8. The van der Waals surface area contributed by atoms with Gasteiger partial charge in [-0.3, -0.25) is 9.59 Å². The lowest BCUT2D eigenvalue weighted by atomic mass is 9.86. The lowest BCUT2D eigenvalue weighted by Crippen LogP contribution is -2.33. The fourth-order valence-corrected chi connectivity index (χ4v) is 4.24. The number of nitrogens with zero attached hydrogens (tertiary/aromatic N) is 1. The van der Waals surface area contributed by atoms with E-state index in [1.54, 1.807) is 42.5 Å². The number of hydrogen-bond donors (Lipinski definition) is 1. The Kier molecular flexibility index (Phi) is 7.00. The van der Waals surface area contributed by atoms with Crippen molar-refractivity contribution in [2.75, 3.05) is 10.2 Å². The van der Waals surface area contributed by atoms with Crippen LogP contribution in [0.3, 0.4) is 0 Å². The number of esters is 1. The van der Waals surface area contributed by atoms with Gasteiger partial charge < -0.3 is 10.1 Å². The molecule has 2 amide bonds. The molecule has 3 aromatic carbocycles. The van der Waals surface area contributed by atoms with Gasteiger partial charge in [-0.05, 0) is 53.8 Å². The summed E-state index contributed by atoms with van der Waals surface area (Å²) < 4.78 is 5.67. The number of rotatable bonds is 6. The molecule has 4 rings (SSSR count). The number of nitrogens with one attached hydrogen (secondary N) is 1. The molecule has 0 radical (unpaired) electrons. The van der Waals surface area contributed by atoms with Gasteiger partial charge in [-0.2, -0.15) is 0 Å². The lowest BCUT2D eigenvalue weighted by molar-refractivity contribution is -0.120. The van der Waals surface area contributed by atoms with E-state index in [-0.39, 0.29) is 16.1 Å². The number of amides is 2. The summed E-state index contributed by atoms with van der Waals surface area (Å²) in [7, 11) is 0. The Hall–Kier alpha value is -3.90. The predicted octanol–water partition coefficient (Wildman–Crippen LogP) is 6.20. The second-order valence-corrected chi connectivity index (χ2v) is 9.83. The highest BCUT2D eigenvalue weighted by Gasteiger charge is 2.39. The number of carbonyl (C=O) groups is 3. The molecule has 0 atom stereocenters. The summed E-state index contributed by atoms with van der Waals surface area (Å²) in [6.45, 7) is 8.11. The molecule has 7 heteroatoms. The third-order valence-electron chi connectivity index (χ3n) is 5.93. The predicted molar refractivity (Wildman–Crippen MR) is 141 cm³/mol. The number of hydrogen-bond acceptors (Lipinski definition) is 5. The van der Waals surface area contributed by atoms with Crippen LogP contribution in [-0.2, 0) is 21.4 Å². The number of para-hydroxylation sites is 2. The van der Waals surface area contributed by atoms with E-state index in [4.69, 9.17) is 16.3 Å². The van der Waals surface area contributed by atoms with Crippen LogP contribution in [0.4, 0.5) is 11.4 Å². The van der Waals surface area contributed by atoms with Crippen molar-refractivity contribution < 1.29 is 19.1 Å². The average Bonchev–Trinajstić information content (AvgIpc) is 3.07. The summed E-state index contributed by atoms with van der Waals surface area (Å²) >= 11 is 6.27. The van der Waals surface area contributed by atoms with Gasteiger partial charge in [0, 0.05) is 11.3 Å². The molecule has 1 N–H and O–H groups in total. The zero-order valence-electron chi connectivity index (χ0n) is 20.6. The zero-order chi connectivity index (χ0) is 26.0. The summed E-state index contributed by atoms with van der Waals surface area (Å²) in [6, 6.07) is 21.1.